The number of carbonyl (C=O) groups is 1. The summed E-state index contributed by atoms with van der Waals surface area (Å²) < 4.78 is 2.20. The van der Waals surface area contributed by atoms with Crippen molar-refractivity contribution in [3.05, 3.63) is 48.0 Å². The summed E-state index contributed by atoms with van der Waals surface area (Å²) in [5.74, 6) is 1.68. The molecule has 0 radical (unpaired) electrons. The number of likely N-dealkylation sites (tertiary alicyclic amines) is 1. The van der Waals surface area contributed by atoms with Gasteiger partial charge >= 0.3 is 6.03 Å². The van der Waals surface area contributed by atoms with E-state index in [0.717, 1.165) is 44.0 Å². The predicted octanol–water partition coefficient (Wildman–Crippen LogP) is 3.44. The van der Waals surface area contributed by atoms with Crippen molar-refractivity contribution in [2.45, 2.75) is 33.2 Å². The van der Waals surface area contributed by atoms with E-state index in [-0.39, 0.29) is 6.03 Å². The molecule has 1 aliphatic rings. The number of anilines is 1. The first-order valence-electron chi connectivity index (χ1n) is 8.22. The number of amides is 2. The first kappa shape index (κ1) is 15.6. The van der Waals surface area contributed by atoms with E-state index in [1.54, 1.807) is 0 Å². The highest BCUT2D eigenvalue weighted by atomic mass is 16.2. The van der Waals surface area contributed by atoms with Gasteiger partial charge in [0, 0.05) is 37.7 Å². The first-order valence-corrected chi connectivity index (χ1v) is 8.22. The third-order valence-electron chi connectivity index (χ3n) is 4.58. The molecule has 2 heterocycles. The van der Waals surface area contributed by atoms with Crippen LogP contribution in [0.3, 0.4) is 0 Å². The second kappa shape index (κ2) is 6.86. The number of imidazole rings is 1. The highest BCUT2D eigenvalue weighted by Gasteiger charge is 2.23. The zero-order valence-electron chi connectivity index (χ0n) is 13.8. The van der Waals surface area contributed by atoms with Crippen molar-refractivity contribution in [1.29, 1.82) is 0 Å². The second-order valence-electron chi connectivity index (χ2n) is 6.35. The summed E-state index contributed by atoms with van der Waals surface area (Å²) in [7, 11) is 0. The van der Waals surface area contributed by atoms with Crippen LogP contribution in [0.15, 0.2) is 36.7 Å². The summed E-state index contributed by atoms with van der Waals surface area (Å²) in [6.45, 7) is 6.70. The van der Waals surface area contributed by atoms with E-state index in [1.165, 1.54) is 5.56 Å². The average molecular weight is 312 g/mol. The van der Waals surface area contributed by atoms with Crippen molar-refractivity contribution < 1.29 is 4.79 Å². The van der Waals surface area contributed by atoms with E-state index in [1.807, 2.05) is 55.4 Å². The quantitative estimate of drug-likeness (QED) is 0.944. The van der Waals surface area contributed by atoms with Crippen LogP contribution >= 0.6 is 0 Å². The highest BCUT2D eigenvalue weighted by molar-refractivity contribution is 5.89. The molecule has 1 saturated heterocycles. The lowest BCUT2D eigenvalue weighted by atomic mass is 9.97. The van der Waals surface area contributed by atoms with Crippen molar-refractivity contribution in [3.8, 4) is 0 Å². The van der Waals surface area contributed by atoms with Crippen molar-refractivity contribution in [2.75, 3.05) is 18.4 Å². The monoisotopic (exact) mass is 312 g/mol. The van der Waals surface area contributed by atoms with Crippen molar-refractivity contribution >= 4 is 11.7 Å². The first-order chi connectivity index (χ1) is 11.1. The molecule has 5 heteroatoms. The molecule has 0 unspecified atom stereocenters. The second-order valence-corrected chi connectivity index (χ2v) is 6.35. The summed E-state index contributed by atoms with van der Waals surface area (Å²) in [5, 5.41) is 2.98. The standard InChI is InChI=1S/C18H24N4O/c1-14-3-5-17(6-4-14)20-18(23)21-10-7-16(8-11-21)13-22-12-9-19-15(22)2/h3-6,9,12,16H,7-8,10-11,13H2,1-2H3,(H,20,23). The lowest BCUT2D eigenvalue weighted by Crippen LogP contribution is -2.41. The van der Waals surface area contributed by atoms with Crippen molar-refractivity contribution in [3.63, 3.8) is 0 Å². The molecule has 1 N–H and O–H groups in total. The van der Waals surface area contributed by atoms with Gasteiger partial charge in [0.1, 0.15) is 5.82 Å². The summed E-state index contributed by atoms with van der Waals surface area (Å²) in [5.41, 5.74) is 2.05. The zero-order valence-corrected chi connectivity index (χ0v) is 13.8. The number of hydrogen-bond donors (Lipinski definition) is 1. The molecule has 1 fully saturated rings. The summed E-state index contributed by atoms with van der Waals surface area (Å²) in [4.78, 5) is 18.5. The predicted molar refractivity (Wildman–Crippen MR) is 91.5 cm³/mol. The Morgan fingerprint density at radius 1 is 1.22 bits per heavy atom. The minimum Gasteiger partial charge on any atom is -0.335 e. The minimum absolute atomic E-state index is 0.00566. The maximum Gasteiger partial charge on any atom is 0.321 e. The van der Waals surface area contributed by atoms with Gasteiger partial charge in [-0.1, -0.05) is 17.7 Å². The number of aryl methyl sites for hydroxylation is 2. The molecule has 5 nitrogen and oxygen atoms in total. The van der Waals surface area contributed by atoms with Crippen LogP contribution in [0, 0.1) is 19.8 Å². The van der Waals surface area contributed by atoms with Crippen LogP contribution in [0.1, 0.15) is 24.2 Å². The van der Waals surface area contributed by atoms with Gasteiger partial charge in [-0.15, -0.1) is 0 Å². The summed E-state index contributed by atoms with van der Waals surface area (Å²) >= 11 is 0. The van der Waals surface area contributed by atoms with Crippen LogP contribution in [0.2, 0.25) is 0 Å². The molecule has 0 atom stereocenters. The normalized spacial score (nSPS) is 15.7. The lowest BCUT2D eigenvalue weighted by Gasteiger charge is -2.32. The average Bonchev–Trinajstić information content (AvgIpc) is 2.95. The summed E-state index contributed by atoms with van der Waals surface area (Å²) in [6, 6.07) is 7.92. The van der Waals surface area contributed by atoms with Gasteiger partial charge in [-0.3, -0.25) is 0 Å². The van der Waals surface area contributed by atoms with E-state index in [4.69, 9.17) is 0 Å². The molecule has 0 saturated carbocycles. The Labute approximate surface area is 137 Å². The third kappa shape index (κ3) is 3.92. The topological polar surface area (TPSA) is 50.2 Å². The van der Waals surface area contributed by atoms with Crippen molar-refractivity contribution in [1.82, 2.24) is 14.5 Å². The fourth-order valence-electron chi connectivity index (χ4n) is 3.03. The third-order valence-corrected chi connectivity index (χ3v) is 4.58. The minimum atomic E-state index is 0.00566. The number of piperidine rings is 1. The molecule has 0 spiro atoms. The lowest BCUT2D eigenvalue weighted by molar-refractivity contribution is 0.176. The van der Waals surface area contributed by atoms with E-state index in [9.17, 15) is 4.79 Å². The van der Waals surface area contributed by atoms with Gasteiger partial charge in [-0.05, 0) is 44.7 Å². The molecule has 1 aromatic heterocycles. The van der Waals surface area contributed by atoms with Crippen LogP contribution in [0.4, 0.5) is 10.5 Å². The number of benzene rings is 1. The molecule has 1 aliphatic heterocycles. The van der Waals surface area contributed by atoms with Crippen LogP contribution < -0.4 is 5.32 Å². The Bertz CT molecular complexity index is 654. The molecule has 0 aliphatic carbocycles. The molecule has 3 rings (SSSR count). The van der Waals surface area contributed by atoms with E-state index < -0.39 is 0 Å². The fourth-order valence-corrected chi connectivity index (χ4v) is 3.03. The molecule has 2 aromatic rings. The van der Waals surface area contributed by atoms with Gasteiger partial charge in [0.05, 0.1) is 0 Å². The molecule has 2 amide bonds. The molecule has 122 valence electrons. The molecular weight excluding hydrogens is 288 g/mol. The van der Waals surface area contributed by atoms with Gasteiger partial charge in [-0.25, -0.2) is 9.78 Å². The van der Waals surface area contributed by atoms with Gasteiger partial charge < -0.3 is 14.8 Å². The highest BCUT2D eigenvalue weighted by Crippen LogP contribution is 2.20. The van der Waals surface area contributed by atoms with Gasteiger partial charge in [0.25, 0.3) is 0 Å². The number of nitrogens with one attached hydrogen (secondary N) is 1. The smallest absolute Gasteiger partial charge is 0.321 e. The van der Waals surface area contributed by atoms with Crippen LogP contribution in [-0.4, -0.2) is 33.6 Å². The fraction of sp³-hybridized carbons (Fsp3) is 0.444. The van der Waals surface area contributed by atoms with Gasteiger partial charge in [0.2, 0.25) is 0 Å². The van der Waals surface area contributed by atoms with E-state index in [0.29, 0.717) is 5.92 Å². The molecule has 1 aromatic carbocycles. The summed E-state index contributed by atoms with van der Waals surface area (Å²) in [6.07, 6.45) is 5.96. The Morgan fingerprint density at radius 2 is 1.91 bits per heavy atom. The van der Waals surface area contributed by atoms with Crippen molar-refractivity contribution in [2.24, 2.45) is 5.92 Å². The van der Waals surface area contributed by atoms with Gasteiger partial charge in [-0.2, -0.15) is 0 Å². The van der Waals surface area contributed by atoms with Crippen LogP contribution in [0.5, 0.6) is 0 Å². The Kier molecular flexibility index (Phi) is 4.65. The molecule has 23 heavy (non-hydrogen) atoms. The number of nitrogens with zero attached hydrogens (tertiary/aromatic N) is 3. The molecule has 0 bridgehead atoms. The van der Waals surface area contributed by atoms with E-state index >= 15 is 0 Å². The Balaban J connectivity index is 1.49. The van der Waals surface area contributed by atoms with E-state index in [2.05, 4.69) is 14.9 Å². The number of carbonyl (C=O) groups excluding carboxylic acids is 1. The largest absolute Gasteiger partial charge is 0.335 e. The zero-order chi connectivity index (χ0) is 16.2. The van der Waals surface area contributed by atoms with Gasteiger partial charge in [0.15, 0.2) is 0 Å². The molecular formula is C18H24N4O. The maximum absolute atomic E-state index is 12.3. The Morgan fingerprint density at radius 3 is 2.52 bits per heavy atom. The number of hydrogen-bond acceptors (Lipinski definition) is 2. The number of urea groups is 1. The number of aromatic nitrogens is 2. The van der Waals surface area contributed by atoms with Crippen LogP contribution in [0.25, 0.3) is 0 Å². The maximum atomic E-state index is 12.3. The number of rotatable bonds is 3. The van der Waals surface area contributed by atoms with Crippen LogP contribution in [-0.2, 0) is 6.54 Å². The SMILES string of the molecule is Cc1ccc(NC(=O)N2CCC(Cn3ccnc3C)CC2)cc1. The Hall–Kier alpha value is -2.30.